The Morgan fingerprint density at radius 3 is 2.38 bits per heavy atom. The number of rotatable bonds is 4. The highest BCUT2D eigenvalue weighted by molar-refractivity contribution is 5.86. The second kappa shape index (κ2) is 4.96. The summed E-state index contributed by atoms with van der Waals surface area (Å²) in [7, 11) is 1.08. The van der Waals surface area contributed by atoms with Crippen LogP contribution in [-0.2, 0) is 14.3 Å². The Hall–Kier alpha value is -1.79. The summed E-state index contributed by atoms with van der Waals surface area (Å²) < 4.78 is 4.15. The van der Waals surface area contributed by atoms with Crippen LogP contribution in [0.1, 0.15) is 6.42 Å². The number of nitrogens with one attached hydrogen (secondary N) is 1. The molecule has 0 aliphatic carbocycles. The van der Waals surface area contributed by atoms with Crippen LogP contribution in [0.25, 0.3) is 0 Å². The molecule has 0 heterocycles. The molecule has 0 fully saturated rings. The summed E-state index contributed by atoms with van der Waals surface area (Å²) >= 11 is 0. The highest BCUT2D eigenvalue weighted by Crippen LogP contribution is 1.92. The van der Waals surface area contributed by atoms with Gasteiger partial charge in [-0.25, -0.2) is 9.59 Å². The molecule has 74 valence electrons. The molecule has 0 aromatic carbocycles. The SMILES string of the molecule is COC(=O)N[C@@H](CC(N)=O)C(=O)O. The van der Waals surface area contributed by atoms with E-state index >= 15 is 0 Å². The van der Waals surface area contributed by atoms with Gasteiger partial charge in [0, 0.05) is 0 Å². The molecule has 0 spiro atoms. The van der Waals surface area contributed by atoms with Gasteiger partial charge in [-0.1, -0.05) is 0 Å². The lowest BCUT2D eigenvalue weighted by Gasteiger charge is -2.10. The summed E-state index contributed by atoms with van der Waals surface area (Å²) in [5, 5.41) is 10.4. The fraction of sp³-hybridized carbons (Fsp3) is 0.500. The molecule has 0 aromatic rings. The number of alkyl carbamates (subject to hydrolysis) is 1. The molecule has 0 aliphatic heterocycles. The minimum atomic E-state index is -1.34. The van der Waals surface area contributed by atoms with E-state index in [1.807, 2.05) is 5.32 Å². The van der Waals surface area contributed by atoms with Crippen LogP contribution < -0.4 is 11.1 Å². The first-order valence-electron chi connectivity index (χ1n) is 3.33. The van der Waals surface area contributed by atoms with Crippen LogP contribution >= 0.6 is 0 Å². The number of primary amides is 1. The zero-order valence-electron chi connectivity index (χ0n) is 6.94. The van der Waals surface area contributed by atoms with Crippen molar-refractivity contribution in [1.82, 2.24) is 5.32 Å². The number of carbonyl (C=O) groups excluding carboxylic acids is 2. The average molecular weight is 190 g/mol. The van der Waals surface area contributed by atoms with Gasteiger partial charge < -0.3 is 20.9 Å². The van der Waals surface area contributed by atoms with E-state index in [1.165, 1.54) is 0 Å². The van der Waals surface area contributed by atoms with Crippen molar-refractivity contribution in [1.29, 1.82) is 0 Å². The van der Waals surface area contributed by atoms with Gasteiger partial charge in [-0.3, -0.25) is 4.79 Å². The fourth-order valence-electron chi connectivity index (χ4n) is 0.602. The van der Waals surface area contributed by atoms with E-state index in [0.29, 0.717) is 0 Å². The molecule has 7 heteroatoms. The van der Waals surface area contributed by atoms with Gasteiger partial charge in [-0.2, -0.15) is 0 Å². The van der Waals surface area contributed by atoms with Gasteiger partial charge in [0.05, 0.1) is 13.5 Å². The number of carboxylic acid groups (broad SMARTS) is 1. The summed E-state index contributed by atoms with van der Waals surface area (Å²) in [6.07, 6.45) is -1.39. The molecular formula is C6H10N2O5. The van der Waals surface area contributed by atoms with Crippen molar-refractivity contribution >= 4 is 18.0 Å². The standard InChI is InChI=1S/C6H10N2O5/c1-13-6(12)8-3(5(10)11)2-4(7)9/h3H,2H2,1H3,(H2,7,9)(H,8,12)(H,10,11)/t3-/m0/s1. The van der Waals surface area contributed by atoms with Crippen LogP contribution in [0.3, 0.4) is 0 Å². The molecule has 0 bridgehead atoms. The molecule has 0 aromatic heterocycles. The zero-order chi connectivity index (χ0) is 10.4. The molecule has 7 nitrogen and oxygen atoms in total. The van der Waals surface area contributed by atoms with Crippen LogP contribution in [0.5, 0.6) is 0 Å². The van der Waals surface area contributed by atoms with Gasteiger partial charge >= 0.3 is 12.1 Å². The Morgan fingerprint density at radius 2 is 2.08 bits per heavy atom. The number of hydrogen-bond donors (Lipinski definition) is 3. The second-order valence-electron chi connectivity index (χ2n) is 2.20. The normalized spacial score (nSPS) is 11.5. The summed E-state index contributed by atoms with van der Waals surface area (Å²) in [5.74, 6) is -2.16. The number of aliphatic carboxylic acids is 1. The van der Waals surface area contributed by atoms with E-state index in [0.717, 1.165) is 7.11 Å². The Bertz CT molecular complexity index is 227. The summed E-state index contributed by atoms with van der Waals surface area (Å²) in [6, 6.07) is -1.34. The Balaban J connectivity index is 4.18. The van der Waals surface area contributed by atoms with Gasteiger partial charge in [0.2, 0.25) is 5.91 Å². The van der Waals surface area contributed by atoms with Gasteiger partial charge in [0.25, 0.3) is 0 Å². The predicted octanol–water partition coefficient (Wildman–Crippen LogP) is -1.33. The largest absolute Gasteiger partial charge is 0.480 e. The van der Waals surface area contributed by atoms with E-state index in [9.17, 15) is 14.4 Å². The quantitative estimate of drug-likeness (QED) is 0.507. The highest BCUT2D eigenvalue weighted by atomic mass is 16.5. The van der Waals surface area contributed by atoms with Crippen molar-refractivity contribution in [3.05, 3.63) is 0 Å². The number of amides is 2. The van der Waals surface area contributed by atoms with Crippen LogP contribution in [0.15, 0.2) is 0 Å². The minimum absolute atomic E-state index is 0.468. The maximum Gasteiger partial charge on any atom is 0.407 e. The summed E-state index contributed by atoms with van der Waals surface area (Å²) in [4.78, 5) is 31.3. The lowest BCUT2D eigenvalue weighted by atomic mass is 10.2. The van der Waals surface area contributed by atoms with E-state index < -0.39 is 30.4 Å². The fourth-order valence-corrected chi connectivity index (χ4v) is 0.602. The first-order valence-corrected chi connectivity index (χ1v) is 3.33. The van der Waals surface area contributed by atoms with Gasteiger partial charge in [0.15, 0.2) is 0 Å². The number of carbonyl (C=O) groups is 3. The Morgan fingerprint density at radius 1 is 1.54 bits per heavy atom. The first kappa shape index (κ1) is 11.2. The average Bonchev–Trinajstić information content (AvgIpc) is 2.02. The highest BCUT2D eigenvalue weighted by Gasteiger charge is 2.21. The Labute approximate surface area is 73.8 Å². The second-order valence-corrected chi connectivity index (χ2v) is 2.20. The summed E-state index contributed by atoms with van der Waals surface area (Å²) in [6.45, 7) is 0. The minimum Gasteiger partial charge on any atom is -0.480 e. The van der Waals surface area contributed by atoms with E-state index in [4.69, 9.17) is 10.8 Å². The first-order chi connectivity index (χ1) is 5.97. The molecule has 0 saturated heterocycles. The third-order valence-corrected chi connectivity index (χ3v) is 1.18. The van der Waals surface area contributed by atoms with Crippen LogP contribution in [0.4, 0.5) is 4.79 Å². The number of methoxy groups -OCH3 is 1. The number of hydrogen-bond acceptors (Lipinski definition) is 4. The van der Waals surface area contributed by atoms with Crippen LogP contribution in [0, 0.1) is 0 Å². The lowest BCUT2D eigenvalue weighted by molar-refractivity contribution is -0.141. The molecule has 0 radical (unpaired) electrons. The van der Waals surface area contributed by atoms with Crippen molar-refractivity contribution in [3.63, 3.8) is 0 Å². The van der Waals surface area contributed by atoms with Gasteiger partial charge in [-0.15, -0.1) is 0 Å². The van der Waals surface area contributed by atoms with Crippen LogP contribution in [0.2, 0.25) is 0 Å². The molecule has 0 aliphatic rings. The molecule has 1 atom stereocenters. The molecule has 0 unspecified atom stereocenters. The molecule has 4 N–H and O–H groups in total. The molecule has 2 amide bonds. The number of carboxylic acids is 1. The van der Waals surface area contributed by atoms with Crippen molar-refractivity contribution in [3.8, 4) is 0 Å². The van der Waals surface area contributed by atoms with Crippen LogP contribution in [-0.4, -0.2) is 36.2 Å². The topological polar surface area (TPSA) is 119 Å². The third kappa shape index (κ3) is 4.62. The van der Waals surface area contributed by atoms with Gasteiger partial charge in [0.1, 0.15) is 6.04 Å². The van der Waals surface area contributed by atoms with Gasteiger partial charge in [-0.05, 0) is 0 Å². The lowest BCUT2D eigenvalue weighted by Crippen LogP contribution is -2.43. The maximum atomic E-state index is 10.6. The van der Waals surface area contributed by atoms with E-state index in [2.05, 4.69) is 4.74 Å². The molecule has 13 heavy (non-hydrogen) atoms. The van der Waals surface area contributed by atoms with E-state index in [-0.39, 0.29) is 0 Å². The van der Waals surface area contributed by atoms with Crippen molar-refractivity contribution in [2.24, 2.45) is 5.73 Å². The monoisotopic (exact) mass is 190 g/mol. The number of nitrogens with two attached hydrogens (primary N) is 1. The van der Waals surface area contributed by atoms with Crippen molar-refractivity contribution < 1.29 is 24.2 Å². The molecular weight excluding hydrogens is 180 g/mol. The predicted molar refractivity (Wildman–Crippen MR) is 40.8 cm³/mol. The van der Waals surface area contributed by atoms with Crippen molar-refractivity contribution in [2.75, 3.05) is 7.11 Å². The maximum absolute atomic E-state index is 10.6. The zero-order valence-corrected chi connectivity index (χ0v) is 6.94. The van der Waals surface area contributed by atoms with Crippen molar-refractivity contribution in [2.45, 2.75) is 12.5 Å². The van der Waals surface area contributed by atoms with E-state index in [1.54, 1.807) is 0 Å². The molecule has 0 saturated carbocycles. The summed E-state index contributed by atoms with van der Waals surface area (Å²) in [5.41, 5.74) is 4.75. The Kier molecular flexibility index (Phi) is 4.28. The smallest absolute Gasteiger partial charge is 0.407 e. The third-order valence-electron chi connectivity index (χ3n) is 1.18. The molecule has 0 rings (SSSR count). The number of ether oxygens (including phenoxy) is 1.